The first-order chi connectivity index (χ1) is 14.5. The standard InChI is InChI=1S/C21H19N5O4/c1-13(27)14-7-8-18(30-2)15(11-14)12-26-23-19(22-24-26)9-10-25-20(28)16-5-3-4-6-17(16)21(25)29/h3-8,11H,9-10,12H2,1-2H3. The highest BCUT2D eigenvalue weighted by Crippen LogP contribution is 2.23. The van der Waals surface area contributed by atoms with E-state index in [0.717, 1.165) is 5.56 Å². The van der Waals surface area contributed by atoms with Gasteiger partial charge in [-0.15, -0.1) is 10.2 Å². The van der Waals surface area contributed by atoms with Gasteiger partial charge in [0.15, 0.2) is 11.6 Å². The molecule has 0 aliphatic carbocycles. The molecule has 0 spiro atoms. The molecule has 9 heteroatoms. The number of tetrazole rings is 1. The minimum Gasteiger partial charge on any atom is -0.496 e. The fourth-order valence-electron chi connectivity index (χ4n) is 3.37. The Hall–Kier alpha value is -3.88. The molecule has 152 valence electrons. The molecule has 0 saturated carbocycles. The molecule has 1 aromatic heterocycles. The van der Waals surface area contributed by atoms with Crippen LogP contribution in [0.4, 0.5) is 0 Å². The Morgan fingerprint density at radius 1 is 1.07 bits per heavy atom. The number of carbonyl (C=O) groups is 3. The highest BCUT2D eigenvalue weighted by molar-refractivity contribution is 6.21. The van der Waals surface area contributed by atoms with Gasteiger partial charge < -0.3 is 4.74 Å². The number of amides is 2. The lowest BCUT2D eigenvalue weighted by molar-refractivity contribution is 0.0655. The van der Waals surface area contributed by atoms with Crippen LogP contribution in [0.5, 0.6) is 5.75 Å². The number of hydrogen-bond donors (Lipinski definition) is 0. The summed E-state index contributed by atoms with van der Waals surface area (Å²) in [4.78, 5) is 39.1. The van der Waals surface area contributed by atoms with Crippen molar-refractivity contribution >= 4 is 17.6 Å². The summed E-state index contributed by atoms with van der Waals surface area (Å²) >= 11 is 0. The second kappa shape index (κ2) is 7.86. The molecule has 2 aromatic carbocycles. The van der Waals surface area contributed by atoms with Crippen LogP contribution in [0.1, 0.15) is 49.4 Å². The van der Waals surface area contributed by atoms with E-state index >= 15 is 0 Å². The Balaban J connectivity index is 1.45. The van der Waals surface area contributed by atoms with E-state index in [9.17, 15) is 14.4 Å². The fraction of sp³-hybridized carbons (Fsp3) is 0.238. The third-order valence-electron chi connectivity index (χ3n) is 4.93. The van der Waals surface area contributed by atoms with Gasteiger partial charge in [-0.25, -0.2) is 0 Å². The molecular formula is C21H19N5O4. The van der Waals surface area contributed by atoms with E-state index in [1.807, 2.05) is 0 Å². The van der Waals surface area contributed by atoms with Crippen LogP contribution in [0, 0.1) is 0 Å². The summed E-state index contributed by atoms with van der Waals surface area (Å²) in [5, 5.41) is 12.4. The molecule has 3 aromatic rings. The topological polar surface area (TPSA) is 107 Å². The van der Waals surface area contributed by atoms with Gasteiger partial charge in [-0.05, 0) is 42.5 Å². The molecule has 2 heterocycles. The van der Waals surface area contributed by atoms with E-state index in [1.54, 1.807) is 49.6 Å². The molecule has 30 heavy (non-hydrogen) atoms. The van der Waals surface area contributed by atoms with E-state index < -0.39 is 0 Å². The molecule has 0 unspecified atom stereocenters. The van der Waals surface area contributed by atoms with Crippen LogP contribution < -0.4 is 4.74 Å². The van der Waals surface area contributed by atoms with Crippen LogP contribution in [0.3, 0.4) is 0 Å². The van der Waals surface area contributed by atoms with Gasteiger partial charge in [0.2, 0.25) is 0 Å². The van der Waals surface area contributed by atoms with Gasteiger partial charge in [0.05, 0.1) is 24.8 Å². The number of carbonyl (C=O) groups excluding carboxylic acids is 3. The van der Waals surface area contributed by atoms with Crippen molar-refractivity contribution in [3.63, 3.8) is 0 Å². The van der Waals surface area contributed by atoms with Crippen molar-refractivity contribution in [2.45, 2.75) is 19.9 Å². The van der Waals surface area contributed by atoms with E-state index in [4.69, 9.17) is 4.74 Å². The Morgan fingerprint density at radius 2 is 1.77 bits per heavy atom. The van der Waals surface area contributed by atoms with Gasteiger partial charge in [-0.2, -0.15) is 4.80 Å². The first kappa shape index (κ1) is 19.4. The number of methoxy groups -OCH3 is 1. The lowest BCUT2D eigenvalue weighted by atomic mass is 10.1. The monoisotopic (exact) mass is 405 g/mol. The molecule has 0 atom stereocenters. The van der Waals surface area contributed by atoms with Crippen molar-refractivity contribution in [1.82, 2.24) is 25.1 Å². The molecule has 0 saturated heterocycles. The van der Waals surface area contributed by atoms with E-state index in [2.05, 4.69) is 15.4 Å². The summed E-state index contributed by atoms with van der Waals surface area (Å²) in [6.07, 6.45) is 0.288. The molecule has 9 nitrogen and oxygen atoms in total. The highest BCUT2D eigenvalue weighted by atomic mass is 16.5. The van der Waals surface area contributed by atoms with E-state index in [-0.39, 0.29) is 37.1 Å². The van der Waals surface area contributed by atoms with Crippen molar-refractivity contribution in [3.05, 3.63) is 70.5 Å². The van der Waals surface area contributed by atoms with Crippen molar-refractivity contribution < 1.29 is 19.1 Å². The third-order valence-corrected chi connectivity index (χ3v) is 4.93. The number of imide groups is 1. The third kappa shape index (κ3) is 3.57. The van der Waals surface area contributed by atoms with Crippen molar-refractivity contribution in [3.8, 4) is 5.75 Å². The normalized spacial score (nSPS) is 12.9. The smallest absolute Gasteiger partial charge is 0.261 e. The summed E-state index contributed by atoms with van der Waals surface area (Å²) in [6, 6.07) is 11.9. The lowest BCUT2D eigenvalue weighted by Crippen LogP contribution is -2.32. The summed E-state index contributed by atoms with van der Waals surface area (Å²) in [6.45, 7) is 1.93. The lowest BCUT2D eigenvalue weighted by Gasteiger charge is -2.11. The predicted molar refractivity (Wildman–Crippen MR) is 105 cm³/mol. The van der Waals surface area contributed by atoms with Crippen molar-refractivity contribution in [1.29, 1.82) is 0 Å². The van der Waals surface area contributed by atoms with Gasteiger partial charge in [-0.3, -0.25) is 19.3 Å². The van der Waals surface area contributed by atoms with Crippen LogP contribution in [-0.4, -0.2) is 56.4 Å². The maximum absolute atomic E-state index is 12.4. The minimum atomic E-state index is -0.311. The van der Waals surface area contributed by atoms with Crippen LogP contribution in [0.25, 0.3) is 0 Å². The number of ketones is 1. The van der Waals surface area contributed by atoms with Crippen molar-refractivity contribution in [2.75, 3.05) is 13.7 Å². The second-order valence-electron chi connectivity index (χ2n) is 6.88. The molecular weight excluding hydrogens is 386 g/mol. The molecule has 0 fully saturated rings. The number of hydrogen-bond acceptors (Lipinski definition) is 7. The zero-order valence-electron chi connectivity index (χ0n) is 16.5. The largest absolute Gasteiger partial charge is 0.496 e. The highest BCUT2D eigenvalue weighted by Gasteiger charge is 2.34. The Morgan fingerprint density at radius 3 is 2.40 bits per heavy atom. The van der Waals surface area contributed by atoms with Gasteiger partial charge in [0, 0.05) is 24.1 Å². The molecule has 1 aliphatic rings. The average Bonchev–Trinajstić information content (AvgIpc) is 3.29. The number of fused-ring (bicyclic) bond motifs is 1. The summed E-state index contributed by atoms with van der Waals surface area (Å²) in [7, 11) is 1.55. The van der Waals surface area contributed by atoms with Gasteiger partial charge in [0.1, 0.15) is 5.75 Å². The molecule has 0 N–H and O–H groups in total. The zero-order chi connectivity index (χ0) is 21.3. The number of nitrogens with zero attached hydrogens (tertiary/aromatic N) is 5. The number of ether oxygens (including phenoxy) is 1. The summed E-state index contributed by atoms with van der Waals surface area (Å²) in [5.74, 6) is 0.354. The molecule has 4 rings (SSSR count). The van der Waals surface area contributed by atoms with Crippen LogP contribution in [-0.2, 0) is 13.0 Å². The Labute approximate surface area is 172 Å². The zero-order valence-corrected chi connectivity index (χ0v) is 16.5. The number of Topliss-reactive ketones (excluding diaryl/α,β-unsaturated/α-hetero) is 1. The summed E-state index contributed by atoms with van der Waals surface area (Å²) in [5.41, 5.74) is 2.14. The maximum atomic E-state index is 12.4. The molecule has 1 aliphatic heterocycles. The van der Waals surface area contributed by atoms with Crippen molar-refractivity contribution in [2.24, 2.45) is 0 Å². The van der Waals surface area contributed by atoms with Crippen LogP contribution >= 0.6 is 0 Å². The number of benzene rings is 2. The Bertz CT molecular complexity index is 1120. The van der Waals surface area contributed by atoms with Crippen LogP contribution in [0.15, 0.2) is 42.5 Å². The predicted octanol–water partition coefficient (Wildman–Crippen LogP) is 1.77. The maximum Gasteiger partial charge on any atom is 0.261 e. The second-order valence-corrected chi connectivity index (χ2v) is 6.88. The van der Waals surface area contributed by atoms with Gasteiger partial charge in [-0.1, -0.05) is 12.1 Å². The van der Waals surface area contributed by atoms with E-state index in [1.165, 1.54) is 16.6 Å². The average molecular weight is 405 g/mol. The van der Waals surface area contributed by atoms with E-state index in [0.29, 0.717) is 28.3 Å². The summed E-state index contributed by atoms with van der Waals surface area (Å²) < 4.78 is 5.35. The first-order valence-corrected chi connectivity index (χ1v) is 9.37. The number of aromatic nitrogens is 4. The first-order valence-electron chi connectivity index (χ1n) is 9.37. The molecule has 0 bridgehead atoms. The minimum absolute atomic E-state index is 0.0490. The van der Waals surface area contributed by atoms with Crippen LogP contribution in [0.2, 0.25) is 0 Å². The quantitative estimate of drug-likeness (QED) is 0.435. The molecule has 2 amide bonds. The van der Waals surface area contributed by atoms with Gasteiger partial charge >= 0.3 is 0 Å². The molecule has 0 radical (unpaired) electrons. The Kier molecular flexibility index (Phi) is 5.09. The fourth-order valence-corrected chi connectivity index (χ4v) is 3.37. The van der Waals surface area contributed by atoms with Gasteiger partial charge in [0.25, 0.3) is 11.8 Å². The SMILES string of the molecule is COc1ccc(C(C)=O)cc1Cn1nnc(CCN2C(=O)c3ccccc3C2=O)n1. The number of rotatable bonds is 7.